The number of urea groups is 1. The second-order valence-corrected chi connectivity index (χ2v) is 7.14. The van der Waals surface area contributed by atoms with Crippen LogP contribution < -0.4 is 5.32 Å². The molecule has 0 spiro atoms. The first kappa shape index (κ1) is 13.9. The van der Waals surface area contributed by atoms with Crippen molar-refractivity contribution in [2.75, 3.05) is 18.1 Å². The van der Waals surface area contributed by atoms with Gasteiger partial charge >= 0.3 is 6.03 Å². The first-order valence-electron chi connectivity index (χ1n) is 7.41. The van der Waals surface area contributed by atoms with E-state index in [0.29, 0.717) is 12.5 Å². The summed E-state index contributed by atoms with van der Waals surface area (Å²) in [5.41, 5.74) is 0. The number of rotatable bonds is 3. The molecule has 4 amide bonds. The van der Waals surface area contributed by atoms with E-state index in [1.165, 1.54) is 4.90 Å². The molecule has 2 aliphatic heterocycles. The topological polar surface area (TPSA) is 66.5 Å². The van der Waals surface area contributed by atoms with Gasteiger partial charge in [0.15, 0.2) is 0 Å². The number of hydrogen-bond acceptors (Lipinski definition) is 4. The number of nitrogens with one attached hydrogen (secondary N) is 1. The largest absolute Gasteiger partial charge is 0.330 e. The summed E-state index contributed by atoms with van der Waals surface area (Å²) in [4.78, 5) is 37.8. The van der Waals surface area contributed by atoms with E-state index in [1.54, 1.807) is 0 Å². The second-order valence-electron chi connectivity index (χ2n) is 6.00. The lowest BCUT2D eigenvalue weighted by molar-refractivity contribution is -0.145. The molecule has 1 aliphatic carbocycles. The minimum absolute atomic E-state index is 0.121. The lowest BCUT2D eigenvalue weighted by atomic mass is 9.87. The van der Waals surface area contributed by atoms with Crippen LogP contribution in [0.4, 0.5) is 4.79 Å². The van der Waals surface area contributed by atoms with Gasteiger partial charge in [-0.2, -0.15) is 11.8 Å². The molecular formula is C14H20N2O3S. The van der Waals surface area contributed by atoms with Crippen molar-refractivity contribution in [1.82, 2.24) is 10.2 Å². The predicted octanol–water partition coefficient (Wildman–Crippen LogP) is 1.62. The lowest BCUT2D eigenvalue weighted by Crippen LogP contribution is -2.60. The highest BCUT2D eigenvalue weighted by molar-refractivity contribution is 7.99. The summed E-state index contributed by atoms with van der Waals surface area (Å²) in [6.45, 7) is 0.466. The molecule has 0 bridgehead atoms. The zero-order valence-corrected chi connectivity index (χ0v) is 12.3. The summed E-state index contributed by atoms with van der Waals surface area (Å²) in [6.07, 6.45) is 5.05. The zero-order chi connectivity index (χ0) is 14.1. The fourth-order valence-corrected chi connectivity index (χ4v) is 4.77. The Balaban J connectivity index is 1.73. The van der Waals surface area contributed by atoms with Crippen molar-refractivity contribution >= 4 is 29.6 Å². The maximum atomic E-state index is 12.6. The summed E-state index contributed by atoms with van der Waals surface area (Å²) < 4.78 is 0. The van der Waals surface area contributed by atoms with Crippen molar-refractivity contribution in [3.8, 4) is 0 Å². The quantitative estimate of drug-likeness (QED) is 0.804. The molecule has 0 aromatic carbocycles. The smallest absolute Gasteiger partial charge is 0.277 e. The van der Waals surface area contributed by atoms with Crippen molar-refractivity contribution < 1.29 is 14.4 Å². The Kier molecular flexibility index (Phi) is 4.01. The highest BCUT2D eigenvalue weighted by Crippen LogP contribution is 2.34. The van der Waals surface area contributed by atoms with Gasteiger partial charge in [0.1, 0.15) is 5.92 Å². The molecule has 3 aliphatic rings. The molecule has 5 nitrogen and oxygen atoms in total. The van der Waals surface area contributed by atoms with Crippen molar-refractivity contribution in [2.45, 2.75) is 32.1 Å². The molecule has 0 radical (unpaired) electrons. The van der Waals surface area contributed by atoms with E-state index in [0.717, 1.165) is 43.6 Å². The van der Waals surface area contributed by atoms with E-state index in [1.807, 2.05) is 11.8 Å². The summed E-state index contributed by atoms with van der Waals surface area (Å²) >= 11 is 1.86. The number of nitrogens with zero attached hydrogens (tertiary/aromatic N) is 1. The number of thioether (sulfide) groups is 1. The van der Waals surface area contributed by atoms with Gasteiger partial charge in [-0.1, -0.05) is 12.8 Å². The Morgan fingerprint density at radius 1 is 1.15 bits per heavy atom. The molecule has 0 aromatic heterocycles. The Bertz CT molecular complexity index is 428. The lowest BCUT2D eigenvalue weighted by Gasteiger charge is -2.34. The van der Waals surface area contributed by atoms with Gasteiger partial charge in [0, 0.05) is 6.54 Å². The molecular weight excluding hydrogens is 276 g/mol. The number of carbonyl (C=O) groups is 3. The minimum atomic E-state index is -0.635. The number of amides is 4. The van der Waals surface area contributed by atoms with Crippen molar-refractivity contribution in [3.63, 3.8) is 0 Å². The monoisotopic (exact) mass is 296 g/mol. The molecule has 3 rings (SSSR count). The molecule has 3 fully saturated rings. The Labute approximate surface area is 122 Å². The second kappa shape index (κ2) is 5.76. The van der Waals surface area contributed by atoms with Crippen molar-refractivity contribution in [2.24, 2.45) is 17.8 Å². The molecule has 1 N–H and O–H groups in total. The van der Waals surface area contributed by atoms with E-state index >= 15 is 0 Å². The zero-order valence-electron chi connectivity index (χ0n) is 11.5. The number of carbonyl (C=O) groups excluding carboxylic acids is 3. The van der Waals surface area contributed by atoms with Crippen molar-refractivity contribution in [1.29, 1.82) is 0 Å². The van der Waals surface area contributed by atoms with Crippen LogP contribution in [0.15, 0.2) is 0 Å². The van der Waals surface area contributed by atoms with Crippen LogP contribution in [0, 0.1) is 17.8 Å². The average Bonchev–Trinajstić information content (AvgIpc) is 3.07. The molecule has 1 saturated carbocycles. The van der Waals surface area contributed by atoms with Crippen LogP contribution in [0.5, 0.6) is 0 Å². The van der Waals surface area contributed by atoms with Gasteiger partial charge in [-0.25, -0.2) is 4.79 Å². The fourth-order valence-electron chi connectivity index (χ4n) is 3.50. The number of hydrogen-bond donors (Lipinski definition) is 1. The highest BCUT2D eigenvalue weighted by Gasteiger charge is 2.45. The van der Waals surface area contributed by atoms with Gasteiger partial charge in [0.25, 0.3) is 0 Å². The average molecular weight is 296 g/mol. The highest BCUT2D eigenvalue weighted by atomic mass is 32.2. The SMILES string of the molecule is O=C1NC(=O)N(CC2CCSC2)C(=O)C1C1CCCC1. The van der Waals surface area contributed by atoms with E-state index in [-0.39, 0.29) is 17.7 Å². The van der Waals surface area contributed by atoms with Gasteiger partial charge in [-0.05, 0) is 42.6 Å². The van der Waals surface area contributed by atoms with Crippen LogP contribution >= 0.6 is 11.8 Å². The van der Waals surface area contributed by atoms with E-state index < -0.39 is 11.9 Å². The van der Waals surface area contributed by atoms with Crippen LogP contribution in [0.3, 0.4) is 0 Å². The van der Waals surface area contributed by atoms with Crippen molar-refractivity contribution in [3.05, 3.63) is 0 Å². The van der Waals surface area contributed by atoms with Crippen LogP contribution in [-0.4, -0.2) is 40.8 Å². The van der Waals surface area contributed by atoms with Crippen LogP contribution in [0.1, 0.15) is 32.1 Å². The van der Waals surface area contributed by atoms with Gasteiger partial charge in [0.2, 0.25) is 11.8 Å². The Hall–Kier alpha value is -1.04. The summed E-state index contributed by atoms with van der Waals surface area (Å²) in [7, 11) is 0. The van der Waals surface area contributed by atoms with Crippen LogP contribution in [-0.2, 0) is 9.59 Å². The van der Waals surface area contributed by atoms with Gasteiger partial charge < -0.3 is 0 Å². The maximum absolute atomic E-state index is 12.6. The van der Waals surface area contributed by atoms with E-state index in [2.05, 4.69) is 5.32 Å². The third-order valence-electron chi connectivity index (χ3n) is 4.63. The van der Waals surface area contributed by atoms with E-state index in [9.17, 15) is 14.4 Å². The third-order valence-corrected chi connectivity index (χ3v) is 5.86. The molecule has 0 aromatic rings. The first-order valence-corrected chi connectivity index (χ1v) is 8.56. The number of imide groups is 2. The summed E-state index contributed by atoms with van der Waals surface area (Å²) in [6, 6.07) is -0.522. The van der Waals surface area contributed by atoms with Gasteiger partial charge in [0.05, 0.1) is 0 Å². The molecule has 110 valence electrons. The fraction of sp³-hybridized carbons (Fsp3) is 0.786. The predicted molar refractivity (Wildman–Crippen MR) is 76.1 cm³/mol. The standard InChI is InChI=1S/C14H20N2O3S/c17-12-11(10-3-1-2-4-10)13(18)16(14(19)15-12)7-9-5-6-20-8-9/h9-11H,1-8H2,(H,15,17,19). The van der Waals surface area contributed by atoms with Crippen LogP contribution in [0.25, 0.3) is 0 Å². The molecule has 6 heteroatoms. The molecule has 2 atom stereocenters. The summed E-state index contributed by atoms with van der Waals surface area (Å²) in [5.74, 6) is 1.32. The number of barbiturate groups is 1. The Morgan fingerprint density at radius 2 is 1.90 bits per heavy atom. The normalized spacial score (nSPS) is 32.0. The van der Waals surface area contributed by atoms with E-state index in [4.69, 9.17) is 0 Å². The maximum Gasteiger partial charge on any atom is 0.330 e. The third kappa shape index (κ3) is 2.57. The molecule has 20 heavy (non-hydrogen) atoms. The summed E-state index contributed by atoms with van der Waals surface area (Å²) in [5, 5.41) is 2.38. The molecule has 2 unspecified atom stereocenters. The molecule has 2 saturated heterocycles. The van der Waals surface area contributed by atoms with Gasteiger partial charge in [-0.3, -0.25) is 19.8 Å². The van der Waals surface area contributed by atoms with Crippen LogP contribution in [0.2, 0.25) is 0 Å². The van der Waals surface area contributed by atoms with Gasteiger partial charge in [-0.15, -0.1) is 0 Å². The first-order chi connectivity index (χ1) is 9.66. The minimum Gasteiger partial charge on any atom is -0.277 e. The molecule has 2 heterocycles. The Morgan fingerprint density at radius 3 is 2.55 bits per heavy atom.